The molecular formula is C26H25ClFN5O2. The Hall–Kier alpha value is -3.62. The molecule has 0 saturated heterocycles. The summed E-state index contributed by atoms with van der Waals surface area (Å²) in [6, 6.07) is 9.14. The number of aromatic nitrogens is 3. The van der Waals surface area contributed by atoms with Gasteiger partial charge in [-0.15, -0.1) is 0 Å². The van der Waals surface area contributed by atoms with Crippen molar-refractivity contribution in [3.8, 4) is 11.1 Å². The van der Waals surface area contributed by atoms with Crippen molar-refractivity contribution >= 4 is 34.1 Å². The average molecular weight is 494 g/mol. The van der Waals surface area contributed by atoms with Gasteiger partial charge in [-0.25, -0.2) is 14.4 Å². The van der Waals surface area contributed by atoms with Crippen molar-refractivity contribution in [1.82, 2.24) is 15.0 Å². The number of nitrogens with one attached hydrogen (secondary N) is 1. The smallest absolute Gasteiger partial charge is 0.248 e. The number of anilines is 1. The number of benzene rings is 2. The first-order valence-corrected chi connectivity index (χ1v) is 11.3. The molecule has 0 radical (unpaired) electrons. The molecule has 0 fully saturated rings. The highest BCUT2D eigenvalue weighted by molar-refractivity contribution is 6.35. The highest BCUT2D eigenvalue weighted by Gasteiger charge is 2.20. The van der Waals surface area contributed by atoms with E-state index in [9.17, 15) is 14.3 Å². The number of nitrogens with two attached hydrogens (primary N) is 1. The zero-order valence-corrected chi connectivity index (χ0v) is 20.5. The van der Waals surface area contributed by atoms with Crippen LogP contribution in [0, 0.1) is 12.7 Å². The van der Waals surface area contributed by atoms with Crippen LogP contribution in [-0.4, -0.2) is 26.0 Å². The third-order valence-electron chi connectivity index (χ3n) is 5.73. The summed E-state index contributed by atoms with van der Waals surface area (Å²) in [5.74, 6) is -0.783. The van der Waals surface area contributed by atoms with Crippen LogP contribution in [0.2, 0.25) is 5.02 Å². The molecular weight excluding hydrogens is 469 g/mol. The van der Waals surface area contributed by atoms with Crippen LogP contribution in [0.25, 0.3) is 22.0 Å². The number of hydrogen-bond acceptors (Lipinski definition) is 6. The van der Waals surface area contributed by atoms with Crippen molar-refractivity contribution in [3.05, 3.63) is 82.3 Å². The fourth-order valence-corrected chi connectivity index (χ4v) is 4.00. The lowest BCUT2D eigenvalue weighted by Crippen LogP contribution is -2.19. The third-order valence-corrected chi connectivity index (χ3v) is 6.19. The van der Waals surface area contributed by atoms with Crippen molar-refractivity contribution in [2.45, 2.75) is 39.3 Å². The molecule has 2 heterocycles. The molecule has 0 saturated carbocycles. The van der Waals surface area contributed by atoms with Crippen LogP contribution < -0.4 is 11.1 Å². The summed E-state index contributed by atoms with van der Waals surface area (Å²) in [5, 5.41) is 14.5. The van der Waals surface area contributed by atoms with Crippen molar-refractivity contribution in [2.24, 2.45) is 5.73 Å². The molecule has 0 bridgehead atoms. The van der Waals surface area contributed by atoms with E-state index in [1.165, 1.54) is 18.2 Å². The van der Waals surface area contributed by atoms with Crippen molar-refractivity contribution in [2.75, 3.05) is 5.32 Å². The van der Waals surface area contributed by atoms with Gasteiger partial charge in [0.25, 0.3) is 0 Å². The maximum absolute atomic E-state index is 14.6. The van der Waals surface area contributed by atoms with Crippen molar-refractivity contribution in [1.29, 1.82) is 0 Å². The Kier molecular flexibility index (Phi) is 6.44. The number of pyridine rings is 1. The summed E-state index contributed by atoms with van der Waals surface area (Å²) in [5.41, 5.74) is 8.19. The SMILES string of the molecule is Cc1nc2ccc(-c3cnc(C(C)(C)O)nc3)cc2c(N[C@H](C)c2cc(C(N)=O)ccc2F)c1Cl. The normalized spacial score (nSPS) is 12.5. The predicted molar refractivity (Wildman–Crippen MR) is 135 cm³/mol. The molecule has 4 aromatic rings. The monoisotopic (exact) mass is 493 g/mol. The summed E-state index contributed by atoms with van der Waals surface area (Å²) < 4.78 is 14.6. The Balaban J connectivity index is 1.78. The quantitative estimate of drug-likeness (QED) is 0.336. The maximum atomic E-state index is 14.6. The highest BCUT2D eigenvalue weighted by atomic mass is 35.5. The number of rotatable bonds is 6. The minimum absolute atomic E-state index is 0.216. The van der Waals surface area contributed by atoms with Gasteiger partial charge in [-0.05, 0) is 63.6 Å². The minimum Gasteiger partial charge on any atom is -0.382 e. The highest BCUT2D eigenvalue weighted by Crippen LogP contribution is 2.37. The van der Waals surface area contributed by atoms with Gasteiger partial charge in [-0.2, -0.15) is 0 Å². The van der Waals surface area contributed by atoms with Gasteiger partial charge in [0.1, 0.15) is 11.4 Å². The van der Waals surface area contributed by atoms with Crippen molar-refractivity contribution < 1.29 is 14.3 Å². The number of nitrogens with zero attached hydrogens (tertiary/aromatic N) is 3. The number of primary amides is 1. The molecule has 0 spiro atoms. The van der Waals surface area contributed by atoms with Gasteiger partial charge in [0.15, 0.2) is 5.82 Å². The van der Waals surface area contributed by atoms with Crippen molar-refractivity contribution in [3.63, 3.8) is 0 Å². The molecule has 1 atom stereocenters. The summed E-state index contributed by atoms with van der Waals surface area (Å²) >= 11 is 6.65. The average Bonchev–Trinajstić information content (AvgIpc) is 2.81. The Morgan fingerprint density at radius 3 is 2.46 bits per heavy atom. The Morgan fingerprint density at radius 1 is 1.14 bits per heavy atom. The second kappa shape index (κ2) is 9.20. The first kappa shape index (κ1) is 24.5. The summed E-state index contributed by atoms with van der Waals surface area (Å²) in [6.45, 7) is 6.81. The number of fused-ring (bicyclic) bond motifs is 1. The molecule has 7 nitrogen and oxygen atoms in total. The molecule has 2 aromatic carbocycles. The van der Waals surface area contributed by atoms with E-state index in [4.69, 9.17) is 17.3 Å². The topological polar surface area (TPSA) is 114 Å². The molecule has 1 amide bonds. The Labute approximate surface area is 207 Å². The molecule has 0 aliphatic carbocycles. The van der Waals surface area contributed by atoms with Crippen LogP contribution in [0.4, 0.5) is 10.1 Å². The Morgan fingerprint density at radius 2 is 1.83 bits per heavy atom. The van der Waals surface area contributed by atoms with Gasteiger partial charge in [-0.3, -0.25) is 9.78 Å². The second-order valence-electron chi connectivity index (χ2n) is 8.94. The molecule has 2 aromatic heterocycles. The molecule has 0 unspecified atom stereocenters. The molecule has 4 N–H and O–H groups in total. The Bertz CT molecular complexity index is 1430. The molecule has 0 aliphatic rings. The summed E-state index contributed by atoms with van der Waals surface area (Å²) in [4.78, 5) is 24.7. The molecule has 35 heavy (non-hydrogen) atoms. The lowest BCUT2D eigenvalue weighted by molar-refractivity contribution is 0.0687. The molecule has 180 valence electrons. The van der Waals surface area contributed by atoms with Crippen LogP contribution in [0.3, 0.4) is 0 Å². The van der Waals surface area contributed by atoms with Crippen LogP contribution >= 0.6 is 11.6 Å². The minimum atomic E-state index is -1.15. The van der Waals surface area contributed by atoms with Gasteiger partial charge in [-0.1, -0.05) is 17.7 Å². The molecule has 0 aliphatic heterocycles. The van der Waals surface area contributed by atoms with Crippen LogP contribution in [0.5, 0.6) is 0 Å². The summed E-state index contributed by atoms with van der Waals surface area (Å²) in [6.07, 6.45) is 3.29. The fourth-order valence-electron chi connectivity index (χ4n) is 3.80. The van der Waals surface area contributed by atoms with Crippen LogP contribution in [0.1, 0.15) is 54.3 Å². The summed E-state index contributed by atoms with van der Waals surface area (Å²) in [7, 11) is 0. The number of carbonyl (C=O) groups excluding carboxylic acids is 1. The number of aryl methyl sites for hydroxylation is 1. The third kappa shape index (κ3) is 4.94. The van der Waals surface area contributed by atoms with Gasteiger partial charge >= 0.3 is 0 Å². The standard InChI is InChI=1S/C26H25ClFN5O2/c1-13(18-10-16(24(29)34)5-7-20(18)28)33-23-19-9-15(6-8-21(19)32-14(2)22(23)27)17-11-30-25(31-12-17)26(3,4)35/h5-13,35H,1-4H3,(H2,29,34)(H,32,33)/t13-/m1/s1. The van der Waals surface area contributed by atoms with Crippen LogP contribution in [0.15, 0.2) is 48.8 Å². The number of aliphatic hydroxyl groups is 1. The molecule has 4 rings (SSSR count). The van der Waals surface area contributed by atoms with E-state index in [2.05, 4.69) is 20.3 Å². The van der Waals surface area contributed by atoms with Gasteiger partial charge in [0.05, 0.1) is 28.0 Å². The predicted octanol–water partition coefficient (Wildman–Crippen LogP) is 5.29. The van der Waals surface area contributed by atoms with E-state index >= 15 is 0 Å². The largest absolute Gasteiger partial charge is 0.382 e. The first-order valence-electron chi connectivity index (χ1n) is 11.0. The van der Waals surface area contributed by atoms with E-state index in [1.807, 2.05) is 18.2 Å². The fraction of sp³-hybridized carbons (Fsp3) is 0.231. The van der Waals surface area contributed by atoms with E-state index in [0.717, 1.165) is 16.5 Å². The molecule has 9 heteroatoms. The van der Waals surface area contributed by atoms with Gasteiger partial charge in [0, 0.05) is 34.5 Å². The second-order valence-corrected chi connectivity index (χ2v) is 9.32. The lowest BCUT2D eigenvalue weighted by Gasteiger charge is -2.21. The number of amides is 1. The van der Waals surface area contributed by atoms with E-state index in [0.29, 0.717) is 27.7 Å². The first-order chi connectivity index (χ1) is 16.5. The van der Waals surface area contributed by atoms with E-state index in [-0.39, 0.29) is 11.1 Å². The number of carbonyl (C=O) groups is 1. The zero-order chi connectivity index (χ0) is 25.5. The lowest BCUT2D eigenvalue weighted by atomic mass is 10.0. The number of hydrogen-bond donors (Lipinski definition) is 3. The van der Waals surface area contributed by atoms with Crippen LogP contribution in [-0.2, 0) is 5.60 Å². The van der Waals surface area contributed by atoms with Gasteiger partial charge in [0.2, 0.25) is 5.91 Å². The van der Waals surface area contributed by atoms with E-state index < -0.39 is 23.4 Å². The number of halogens is 2. The maximum Gasteiger partial charge on any atom is 0.248 e. The zero-order valence-electron chi connectivity index (χ0n) is 19.7. The van der Waals surface area contributed by atoms with E-state index in [1.54, 1.807) is 40.1 Å². The van der Waals surface area contributed by atoms with Gasteiger partial charge < -0.3 is 16.2 Å².